The van der Waals surface area contributed by atoms with Crippen molar-refractivity contribution in [2.75, 3.05) is 0 Å². The third kappa shape index (κ3) is 2.43. The molecule has 0 aliphatic carbocycles. The van der Waals surface area contributed by atoms with Crippen LogP contribution in [0.4, 0.5) is 0 Å². The molecule has 72 valence electrons. The molecule has 0 aliphatic heterocycles. The van der Waals surface area contributed by atoms with Crippen LogP contribution in [0.2, 0.25) is 0 Å². The van der Waals surface area contributed by atoms with E-state index in [4.69, 9.17) is 5.73 Å². The smallest absolute Gasteiger partial charge is 0.120 e. The van der Waals surface area contributed by atoms with Gasteiger partial charge in [0.05, 0.1) is 12.1 Å². The summed E-state index contributed by atoms with van der Waals surface area (Å²) in [6.07, 6.45) is -0.680. The Hall–Kier alpha value is -0.580. The molecule has 1 aromatic carbocycles. The molecule has 2 atom stereocenters. The Morgan fingerprint density at radius 2 is 2.08 bits per heavy atom. The number of halogens is 1. The van der Waals surface area contributed by atoms with Gasteiger partial charge < -0.3 is 15.9 Å². The Kier molecular flexibility index (Phi) is 3.30. The Labute approximate surface area is 85.3 Å². The van der Waals surface area contributed by atoms with Crippen molar-refractivity contribution in [2.45, 2.75) is 19.1 Å². The van der Waals surface area contributed by atoms with E-state index < -0.39 is 12.1 Å². The van der Waals surface area contributed by atoms with Crippen LogP contribution < -0.4 is 5.73 Å². The second kappa shape index (κ2) is 4.09. The lowest BCUT2D eigenvalue weighted by Gasteiger charge is -2.16. The molecule has 0 fully saturated rings. The van der Waals surface area contributed by atoms with Crippen LogP contribution in [-0.2, 0) is 0 Å². The van der Waals surface area contributed by atoms with Gasteiger partial charge in [0, 0.05) is 10.0 Å². The lowest BCUT2D eigenvalue weighted by atomic mass is 10.0. The predicted molar refractivity (Wildman–Crippen MR) is 54.4 cm³/mol. The van der Waals surface area contributed by atoms with Crippen molar-refractivity contribution in [3.05, 3.63) is 28.2 Å². The normalized spacial score (nSPS) is 15.4. The van der Waals surface area contributed by atoms with E-state index in [1.807, 2.05) is 0 Å². The molecule has 0 saturated carbocycles. The Bertz CT molecular complexity index is 302. The maximum atomic E-state index is 9.44. The van der Waals surface area contributed by atoms with Crippen LogP contribution in [0.25, 0.3) is 0 Å². The van der Waals surface area contributed by atoms with Gasteiger partial charge in [0.1, 0.15) is 5.75 Å². The van der Waals surface area contributed by atoms with Gasteiger partial charge in [0.2, 0.25) is 0 Å². The van der Waals surface area contributed by atoms with E-state index in [0.717, 1.165) is 4.47 Å². The molecule has 0 bridgehead atoms. The van der Waals surface area contributed by atoms with Gasteiger partial charge in [-0.05, 0) is 25.1 Å². The summed E-state index contributed by atoms with van der Waals surface area (Å²) in [6.45, 7) is 1.59. The molecule has 4 heteroatoms. The molecule has 0 aromatic heterocycles. The first-order chi connectivity index (χ1) is 6.02. The number of phenols is 1. The molecule has 0 aliphatic rings. The minimum Gasteiger partial charge on any atom is -0.508 e. The summed E-state index contributed by atoms with van der Waals surface area (Å²) >= 11 is 3.27. The van der Waals surface area contributed by atoms with Crippen molar-refractivity contribution in [1.29, 1.82) is 0 Å². The first kappa shape index (κ1) is 10.5. The molecule has 0 spiro atoms. The van der Waals surface area contributed by atoms with Gasteiger partial charge in [-0.25, -0.2) is 0 Å². The molecule has 1 aromatic rings. The molecule has 0 radical (unpaired) electrons. The largest absolute Gasteiger partial charge is 0.508 e. The van der Waals surface area contributed by atoms with Crippen LogP contribution in [0.3, 0.4) is 0 Å². The first-order valence-electron chi connectivity index (χ1n) is 3.94. The maximum absolute atomic E-state index is 9.44. The van der Waals surface area contributed by atoms with Gasteiger partial charge in [-0.15, -0.1) is 0 Å². The fourth-order valence-corrected chi connectivity index (χ4v) is 1.43. The summed E-state index contributed by atoms with van der Waals surface area (Å²) in [6, 6.07) is 4.40. The van der Waals surface area contributed by atoms with Crippen LogP contribution in [0.5, 0.6) is 5.75 Å². The van der Waals surface area contributed by atoms with Crippen molar-refractivity contribution in [3.8, 4) is 5.75 Å². The van der Waals surface area contributed by atoms with E-state index in [0.29, 0.717) is 5.56 Å². The molecule has 0 amide bonds. The van der Waals surface area contributed by atoms with E-state index in [2.05, 4.69) is 15.9 Å². The van der Waals surface area contributed by atoms with Crippen LogP contribution >= 0.6 is 15.9 Å². The fraction of sp³-hybridized carbons (Fsp3) is 0.333. The average Bonchev–Trinajstić information content (AvgIpc) is 2.08. The van der Waals surface area contributed by atoms with E-state index in [9.17, 15) is 10.2 Å². The third-order valence-electron chi connectivity index (χ3n) is 1.87. The SMILES string of the molecule is CC(O)[C@@H](N)c1cc(Br)ccc1O. The Morgan fingerprint density at radius 1 is 1.46 bits per heavy atom. The van der Waals surface area contributed by atoms with Gasteiger partial charge in [-0.3, -0.25) is 0 Å². The average molecular weight is 246 g/mol. The van der Waals surface area contributed by atoms with E-state index in [1.54, 1.807) is 25.1 Å². The number of aromatic hydroxyl groups is 1. The summed E-state index contributed by atoms with van der Waals surface area (Å²) < 4.78 is 0.830. The summed E-state index contributed by atoms with van der Waals surface area (Å²) in [7, 11) is 0. The number of nitrogens with two attached hydrogens (primary N) is 1. The number of hydrogen-bond donors (Lipinski definition) is 3. The van der Waals surface area contributed by atoms with Crippen molar-refractivity contribution >= 4 is 15.9 Å². The Morgan fingerprint density at radius 3 is 2.62 bits per heavy atom. The molecule has 0 heterocycles. The predicted octanol–water partition coefficient (Wildman–Crippen LogP) is 1.54. The van der Waals surface area contributed by atoms with Crippen LogP contribution in [0.15, 0.2) is 22.7 Å². The topological polar surface area (TPSA) is 66.5 Å². The summed E-state index contributed by atoms with van der Waals surface area (Å²) in [4.78, 5) is 0. The van der Waals surface area contributed by atoms with Crippen LogP contribution in [-0.4, -0.2) is 16.3 Å². The zero-order valence-corrected chi connectivity index (χ0v) is 8.82. The van der Waals surface area contributed by atoms with Gasteiger partial charge in [0.15, 0.2) is 0 Å². The minimum absolute atomic E-state index is 0.108. The standard InChI is InChI=1S/C9H12BrNO2/c1-5(12)9(11)7-4-6(10)2-3-8(7)13/h2-5,9,12-13H,11H2,1H3/t5?,9-/m1/s1. The fourth-order valence-electron chi connectivity index (χ4n) is 1.05. The van der Waals surface area contributed by atoms with Crippen molar-refractivity contribution < 1.29 is 10.2 Å². The number of benzene rings is 1. The van der Waals surface area contributed by atoms with Crippen molar-refractivity contribution in [3.63, 3.8) is 0 Å². The number of hydrogen-bond acceptors (Lipinski definition) is 3. The van der Waals surface area contributed by atoms with Crippen molar-refractivity contribution in [2.24, 2.45) is 5.73 Å². The van der Waals surface area contributed by atoms with E-state index in [-0.39, 0.29) is 5.75 Å². The van der Waals surface area contributed by atoms with Crippen LogP contribution in [0.1, 0.15) is 18.5 Å². The lowest BCUT2D eigenvalue weighted by molar-refractivity contribution is 0.163. The highest BCUT2D eigenvalue weighted by atomic mass is 79.9. The van der Waals surface area contributed by atoms with E-state index >= 15 is 0 Å². The molecule has 3 nitrogen and oxygen atoms in total. The zero-order chi connectivity index (χ0) is 10.0. The summed E-state index contributed by atoms with van der Waals surface area (Å²) in [5.74, 6) is 0.108. The molecule has 0 saturated heterocycles. The van der Waals surface area contributed by atoms with Crippen LogP contribution in [0, 0.1) is 0 Å². The van der Waals surface area contributed by atoms with Gasteiger partial charge in [-0.2, -0.15) is 0 Å². The second-order valence-electron chi connectivity index (χ2n) is 2.97. The second-order valence-corrected chi connectivity index (χ2v) is 3.89. The summed E-state index contributed by atoms with van der Waals surface area (Å²) in [5, 5.41) is 18.7. The Balaban J connectivity index is 3.05. The lowest BCUT2D eigenvalue weighted by Crippen LogP contribution is -2.23. The van der Waals surface area contributed by atoms with Gasteiger partial charge >= 0.3 is 0 Å². The zero-order valence-electron chi connectivity index (χ0n) is 7.24. The number of phenolic OH excluding ortho intramolecular Hbond substituents is 1. The first-order valence-corrected chi connectivity index (χ1v) is 4.73. The van der Waals surface area contributed by atoms with E-state index in [1.165, 1.54) is 0 Å². The quantitative estimate of drug-likeness (QED) is 0.741. The molecule has 13 heavy (non-hydrogen) atoms. The minimum atomic E-state index is -0.680. The number of aliphatic hydroxyl groups is 1. The monoisotopic (exact) mass is 245 g/mol. The highest BCUT2D eigenvalue weighted by molar-refractivity contribution is 9.10. The molecule has 1 unspecified atom stereocenters. The molecule has 4 N–H and O–H groups in total. The highest BCUT2D eigenvalue weighted by Gasteiger charge is 2.15. The highest BCUT2D eigenvalue weighted by Crippen LogP contribution is 2.27. The molecular weight excluding hydrogens is 234 g/mol. The van der Waals surface area contributed by atoms with Crippen molar-refractivity contribution in [1.82, 2.24) is 0 Å². The number of aliphatic hydroxyl groups excluding tert-OH is 1. The molecular formula is C9H12BrNO2. The van der Waals surface area contributed by atoms with Gasteiger partial charge in [-0.1, -0.05) is 15.9 Å². The summed E-state index contributed by atoms with van der Waals surface area (Å²) in [5.41, 5.74) is 6.22. The molecule has 1 rings (SSSR count). The maximum Gasteiger partial charge on any atom is 0.120 e. The third-order valence-corrected chi connectivity index (χ3v) is 2.36. The number of rotatable bonds is 2. The van der Waals surface area contributed by atoms with Gasteiger partial charge in [0.25, 0.3) is 0 Å².